The Morgan fingerprint density at radius 2 is 2.19 bits per heavy atom. The molecule has 0 bridgehead atoms. The number of carbonyl (C=O) groups excluding carboxylic acids is 1. The van der Waals surface area contributed by atoms with Crippen LogP contribution in [0.25, 0.3) is 11.3 Å². The van der Waals surface area contributed by atoms with Crippen molar-refractivity contribution in [3.63, 3.8) is 0 Å². The van der Waals surface area contributed by atoms with Crippen LogP contribution >= 0.6 is 0 Å². The number of rotatable bonds is 4. The van der Waals surface area contributed by atoms with Gasteiger partial charge >= 0.3 is 0 Å². The van der Waals surface area contributed by atoms with Gasteiger partial charge in [-0.2, -0.15) is 0 Å². The standard InChI is InChI=1S/C19H19N5O2/c1-2-26-13-6-7-16(22-9-13)24-19(25)14-10-21-15-5-3-4-12-8-20-11-23-18(12)17(14)15/h6-11,21H,2-5H2,1H3,(H,22,24,25). The number of H-pyrrole nitrogens is 1. The third-order valence-electron chi connectivity index (χ3n) is 4.39. The highest BCUT2D eigenvalue weighted by atomic mass is 16.5. The van der Waals surface area contributed by atoms with Crippen molar-refractivity contribution in [1.82, 2.24) is 19.9 Å². The molecule has 1 aliphatic carbocycles. The lowest BCUT2D eigenvalue weighted by molar-refractivity contribution is 0.102. The summed E-state index contributed by atoms with van der Waals surface area (Å²) in [7, 11) is 0. The normalized spacial score (nSPS) is 12.7. The second kappa shape index (κ2) is 6.95. The van der Waals surface area contributed by atoms with Crippen molar-refractivity contribution in [2.24, 2.45) is 0 Å². The molecule has 0 spiro atoms. The molecule has 0 radical (unpaired) electrons. The fourth-order valence-electron chi connectivity index (χ4n) is 3.22. The predicted molar refractivity (Wildman–Crippen MR) is 97.2 cm³/mol. The van der Waals surface area contributed by atoms with E-state index in [0.717, 1.165) is 41.8 Å². The van der Waals surface area contributed by atoms with Crippen LogP contribution < -0.4 is 10.1 Å². The van der Waals surface area contributed by atoms with Crippen molar-refractivity contribution in [2.45, 2.75) is 26.2 Å². The van der Waals surface area contributed by atoms with E-state index in [2.05, 4.69) is 25.3 Å². The van der Waals surface area contributed by atoms with Gasteiger partial charge in [-0.05, 0) is 43.9 Å². The lowest BCUT2D eigenvalue weighted by atomic mass is 10.0. The van der Waals surface area contributed by atoms with E-state index in [1.165, 1.54) is 6.33 Å². The Kier molecular flexibility index (Phi) is 4.35. The van der Waals surface area contributed by atoms with Crippen molar-refractivity contribution < 1.29 is 9.53 Å². The molecule has 0 unspecified atom stereocenters. The number of pyridine rings is 1. The van der Waals surface area contributed by atoms with E-state index in [1.54, 1.807) is 24.5 Å². The van der Waals surface area contributed by atoms with Crippen LogP contribution in [-0.4, -0.2) is 32.4 Å². The quantitative estimate of drug-likeness (QED) is 0.755. The molecule has 7 nitrogen and oxygen atoms in total. The minimum Gasteiger partial charge on any atom is -0.492 e. The van der Waals surface area contributed by atoms with Gasteiger partial charge in [-0.1, -0.05) is 0 Å². The van der Waals surface area contributed by atoms with Crippen LogP contribution in [0.4, 0.5) is 5.82 Å². The average molecular weight is 349 g/mol. The Bertz CT molecular complexity index is 933. The van der Waals surface area contributed by atoms with Gasteiger partial charge in [-0.25, -0.2) is 15.0 Å². The number of aromatic nitrogens is 4. The number of aryl methyl sites for hydroxylation is 2. The number of carbonyl (C=O) groups is 1. The lowest BCUT2D eigenvalue weighted by Gasteiger charge is -2.09. The zero-order valence-electron chi connectivity index (χ0n) is 14.5. The summed E-state index contributed by atoms with van der Waals surface area (Å²) in [4.78, 5) is 28.9. The van der Waals surface area contributed by atoms with Gasteiger partial charge in [-0.15, -0.1) is 0 Å². The maximum atomic E-state index is 12.8. The molecular weight excluding hydrogens is 330 g/mol. The van der Waals surface area contributed by atoms with Gasteiger partial charge in [0, 0.05) is 23.7 Å². The largest absolute Gasteiger partial charge is 0.492 e. The van der Waals surface area contributed by atoms with Gasteiger partial charge in [0.15, 0.2) is 0 Å². The summed E-state index contributed by atoms with van der Waals surface area (Å²) in [6.07, 6.45) is 9.47. The minimum atomic E-state index is -0.217. The van der Waals surface area contributed by atoms with Crippen LogP contribution in [0, 0.1) is 0 Å². The van der Waals surface area contributed by atoms with Gasteiger partial charge in [-0.3, -0.25) is 4.79 Å². The Hall–Kier alpha value is -3.22. The van der Waals surface area contributed by atoms with Crippen LogP contribution in [0.1, 0.15) is 35.0 Å². The molecule has 0 aliphatic heterocycles. The monoisotopic (exact) mass is 349 g/mol. The summed E-state index contributed by atoms with van der Waals surface area (Å²) < 4.78 is 5.37. The van der Waals surface area contributed by atoms with E-state index in [4.69, 9.17) is 4.74 Å². The minimum absolute atomic E-state index is 0.217. The fraction of sp³-hybridized carbons (Fsp3) is 0.263. The molecule has 2 N–H and O–H groups in total. The SMILES string of the molecule is CCOc1ccc(NC(=O)c2c[nH]c3c2-c2ncncc2CCC3)nc1. The molecule has 132 valence electrons. The molecule has 4 rings (SSSR count). The van der Waals surface area contributed by atoms with Crippen molar-refractivity contribution in [3.8, 4) is 17.0 Å². The summed E-state index contributed by atoms with van der Waals surface area (Å²) >= 11 is 0. The second-order valence-corrected chi connectivity index (χ2v) is 6.07. The first-order valence-electron chi connectivity index (χ1n) is 8.66. The number of nitrogens with zero attached hydrogens (tertiary/aromatic N) is 3. The van der Waals surface area contributed by atoms with Crippen molar-refractivity contribution in [1.29, 1.82) is 0 Å². The topological polar surface area (TPSA) is 92.8 Å². The van der Waals surface area contributed by atoms with Gasteiger partial charge < -0.3 is 15.0 Å². The third-order valence-corrected chi connectivity index (χ3v) is 4.39. The van der Waals surface area contributed by atoms with Crippen LogP contribution in [-0.2, 0) is 12.8 Å². The molecule has 0 atom stereocenters. The number of hydrogen-bond acceptors (Lipinski definition) is 5. The zero-order valence-corrected chi connectivity index (χ0v) is 14.5. The molecule has 1 amide bonds. The van der Waals surface area contributed by atoms with Gasteiger partial charge in [0.1, 0.15) is 17.9 Å². The van der Waals surface area contributed by atoms with Crippen molar-refractivity contribution in [3.05, 3.63) is 53.9 Å². The summed E-state index contributed by atoms with van der Waals surface area (Å²) in [5, 5.41) is 2.85. The van der Waals surface area contributed by atoms with E-state index in [9.17, 15) is 4.79 Å². The summed E-state index contributed by atoms with van der Waals surface area (Å²) in [6.45, 7) is 2.48. The molecule has 3 aromatic heterocycles. The average Bonchev–Trinajstić information content (AvgIpc) is 2.99. The van der Waals surface area contributed by atoms with E-state index in [0.29, 0.717) is 23.7 Å². The first-order chi connectivity index (χ1) is 12.8. The number of aromatic amines is 1. The predicted octanol–water partition coefficient (Wildman–Crippen LogP) is 3.01. The molecule has 1 aliphatic rings. The van der Waals surface area contributed by atoms with Gasteiger partial charge in [0.05, 0.1) is 24.1 Å². The molecular formula is C19H19N5O2. The van der Waals surface area contributed by atoms with E-state index in [-0.39, 0.29) is 5.91 Å². The van der Waals surface area contributed by atoms with Crippen molar-refractivity contribution in [2.75, 3.05) is 11.9 Å². The maximum absolute atomic E-state index is 12.8. The highest BCUT2D eigenvalue weighted by molar-refractivity contribution is 6.08. The van der Waals surface area contributed by atoms with E-state index >= 15 is 0 Å². The zero-order chi connectivity index (χ0) is 17.9. The Labute approximate surface area is 150 Å². The van der Waals surface area contributed by atoms with E-state index in [1.807, 2.05) is 13.1 Å². The molecule has 3 aromatic rings. The first-order valence-corrected chi connectivity index (χ1v) is 8.66. The molecule has 7 heteroatoms. The molecule has 0 saturated heterocycles. The molecule has 0 fully saturated rings. The number of fused-ring (bicyclic) bond motifs is 3. The van der Waals surface area contributed by atoms with Crippen LogP contribution in [0.3, 0.4) is 0 Å². The fourth-order valence-corrected chi connectivity index (χ4v) is 3.22. The Morgan fingerprint density at radius 1 is 1.27 bits per heavy atom. The number of anilines is 1. The number of amides is 1. The number of nitrogens with one attached hydrogen (secondary N) is 2. The third kappa shape index (κ3) is 3.03. The Balaban J connectivity index is 1.64. The number of hydrogen-bond donors (Lipinski definition) is 2. The first kappa shape index (κ1) is 16.3. The second-order valence-electron chi connectivity index (χ2n) is 6.07. The molecule has 3 heterocycles. The van der Waals surface area contributed by atoms with Crippen molar-refractivity contribution >= 4 is 11.7 Å². The van der Waals surface area contributed by atoms with Gasteiger partial charge in [0.25, 0.3) is 5.91 Å². The highest BCUT2D eigenvalue weighted by Gasteiger charge is 2.24. The summed E-state index contributed by atoms with van der Waals surface area (Å²) in [5.74, 6) is 0.933. The maximum Gasteiger partial charge on any atom is 0.259 e. The summed E-state index contributed by atoms with van der Waals surface area (Å²) in [6, 6.07) is 3.51. The highest BCUT2D eigenvalue weighted by Crippen LogP contribution is 2.33. The van der Waals surface area contributed by atoms with E-state index < -0.39 is 0 Å². The molecule has 0 saturated carbocycles. The lowest BCUT2D eigenvalue weighted by Crippen LogP contribution is -2.13. The molecule has 0 aromatic carbocycles. The van der Waals surface area contributed by atoms with Crippen LogP contribution in [0.15, 0.2) is 37.1 Å². The van der Waals surface area contributed by atoms with Gasteiger partial charge in [0.2, 0.25) is 0 Å². The Morgan fingerprint density at radius 3 is 3.00 bits per heavy atom. The van der Waals surface area contributed by atoms with Crippen LogP contribution in [0.5, 0.6) is 5.75 Å². The van der Waals surface area contributed by atoms with Crippen LogP contribution in [0.2, 0.25) is 0 Å². The smallest absolute Gasteiger partial charge is 0.259 e. The molecule has 26 heavy (non-hydrogen) atoms. The summed E-state index contributed by atoms with van der Waals surface area (Å²) in [5.41, 5.74) is 4.37. The number of ether oxygens (including phenoxy) is 1.